The maximum atomic E-state index is 10.7. The molecule has 0 atom stereocenters. The third kappa shape index (κ3) is 1.42. The number of aryl methyl sites for hydroxylation is 1. The molecule has 4 heteroatoms. The number of nitrogens with zero attached hydrogens (tertiary/aromatic N) is 2. The highest BCUT2D eigenvalue weighted by Gasteiger charge is 2.04. The average molecular weight is 188 g/mol. The Labute approximate surface area is 80.2 Å². The normalized spacial score (nSPS) is 10.4. The van der Waals surface area contributed by atoms with Crippen LogP contribution in [0, 0.1) is 6.92 Å². The highest BCUT2D eigenvalue weighted by molar-refractivity contribution is 5.91. The molecule has 70 valence electrons. The fourth-order valence-corrected chi connectivity index (χ4v) is 1.22. The van der Waals surface area contributed by atoms with Gasteiger partial charge < -0.3 is 5.11 Å². The van der Waals surface area contributed by atoms with E-state index in [4.69, 9.17) is 5.11 Å². The lowest BCUT2D eigenvalue weighted by Crippen LogP contribution is -1.97. The molecular formula is C10H8N2O2. The summed E-state index contributed by atoms with van der Waals surface area (Å²) in [5, 5.41) is 9.48. The average Bonchev–Trinajstić information content (AvgIpc) is 2.16. The number of fused-ring (bicyclic) bond motifs is 1. The number of carboxylic acids is 1. The number of carbonyl (C=O) groups is 1. The fourth-order valence-electron chi connectivity index (χ4n) is 1.22. The molecule has 0 aliphatic carbocycles. The highest BCUT2D eigenvalue weighted by Crippen LogP contribution is 2.11. The van der Waals surface area contributed by atoms with E-state index in [1.807, 2.05) is 19.1 Å². The number of aromatic carboxylic acids is 1. The molecule has 0 amide bonds. The van der Waals surface area contributed by atoms with Crippen molar-refractivity contribution in [1.29, 1.82) is 0 Å². The molecule has 14 heavy (non-hydrogen) atoms. The third-order valence-electron chi connectivity index (χ3n) is 1.93. The fraction of sp³-hybridized carbons (Fsp3) is 0.100. The quantitative estimate of drug-likeness (QED) is 0.738. The maximum absolute atomic E-state index is 10.7. The molecule has 0 spiro atoms. The van der Waals surface area contributed by atoms with Gasteiger partial charge in [0.25, 0.3) is 0 Å². The molecule has 0 unspecified atom stereocenters. The minimum absolute atomic E-state index is 0.183. The Balaban J connectivity index is 2.67. The Morgan fingerprint density at radius 1 is 1.43 bits per heavy atom. The first-order valence-corrected chi connectivity index (χ1v) is 4.13. The molecule has 0 bridgehead atoms. The first kappa shape index (κ1) is 8.62. The Bertz CT molecular complexity index is 508. The zero-order chi connectivity index (χ0) is 10.1. The Morgan fingerprint density at radius 3 is 2.93 bits per heavy atom. The lowest BCUT2D eigenvalue weighted by Gasteiger charge is -1.98. The van der Waals surface area contributed by atoms with Gasteiger partial charge in [-0.05, 0) is 25.1 Å². The number of hydrogen-bond donors (Lipinski definition) is 1. The summed E-state index contributed by atoms with van der Waals surface area (Å²) in [5.74, 6) is -0.972. The van der Waals surface area contributed by atoms with Gasteiger partial charge in [-0.15, -0.1) is 0 Å². The van der Waals surface area contributed by atoms with Crippen molar-refractivity contribution in [3.05, 3.63) is 35.7 Å². The number of hydrogen-bond acceptors (Lipinski definition) is 3. The molecule has 0 radical (unpaired) electrons. The van der Waals surface area contributed by atoms with Crippen LogP contribution in [0.4, 0.5) is 0 Å². The van der Waals surface area contributed by atoms with Crippen molar-refractivity contribution < 1.29 is 9.90 Å². The Morgan fingerprint density at radius 2 is 2.21 bits per heavy atom. The number of aromatic nitrogens is 2. The van der Waals surface area contributed by atoms with Gasteiger partial charge in [0.15, 0.2) is 5.65 Å². The van der Waals surface area contributed by atoms with E-state index in [1.165, 1.54) is 6.20 Å². The van der Waals surface area contributed by atoms with Crippen LogP contribution >= 0.6 is 0 Å². The summed E-state index contributed by atoms with van der Waals surface area (Å²) in [4.78, 5) is 18.8. The minimum Gasteiger partial charge on any atom is -0.478 e. The summed E-state index contributed by atoms with van der Waals surface area (Å²) in [6.07, 6.45) is 1.32. The van der Waals surface area contributed by atoms with Crippen LogP contribution in [0.5, 0.6) is 0 Å². The summed E-state index contributed by atoms with van der Waals surface area (Å²) >= 11 is 0. The van der Waals surface area contributed by atoms with Gasteiger partial charge in [0.05, 0.1) is 5.56 Å². The summed E-state index contributed by atoms with van der Waals surface area (Å²) in [5.41, 5.74) is 1.63. The highest BCUT2D eigenvalue weighted by atomic mass is 16.4. The van der Waals surface area contributed by atoms with Gasteiger partial charge in [-0.25, -0.2) is 14.8 Å². The van der Waals surface area contributed by atoms with Gasteiger partial charge in [-0.3, -0.25) is 0 Å². The van der Waals surface area contributed by atoms with E-state index in [-0.39, 0.29) is 5.56 Å². The summed E-state index contributed by atoms with van der Waals surface area (Å²) in [7, 11) is 0. The summed E-state index contributed by atoms with van der Waals surface area (Å²) in [6, 6.07) is 5.21. The lowest BCUT2D eigenvalue weighted by molar-refractivity contribution is 0.0696. The number of carboxylic acid groups (broad SMARTS) is 1. The zero-order valence-corrected chi connectivity index (χ0v) is 7.56. The molecule has 2 aromatic heterocycles. The second kappa shape index (κ2) is 3.06. The Kier molecular flexibility index (Phi) is 1.89. The van der Waals surface area contributed by atoms with Gasteiger partial charge in [0.2, 0.25) is 0 Å². The lowest BCUT2D eigenvalue weighted by atomic mass is 10.2. The van der Waals surface area contributed by atoms with Crippen LogP contribution in [0.1, 0.15) is 16.1 Å². The molecule has 1 N–H and O–H groups in total. The van der Waals surface area contributed by atoms with Gasteiger partial charge >= 0.3 is 5.97 Å². The number of pyridine rings is 2. The van der Waals surface area contributed by atoms with E-state index in [0.29, 0.717) is 5.65 Å². The van der Waals surface area contributed by atoms with Crippen molar-refractivity contribution in [2.24, 2.45) is 0 Å². The molecule has 0 fully saturated rings. The van der Waals surface area contributed by atoms with Gasteiger partial charge in [0, 0.05) is 17.3 Å². The van der Waals surface area contributed by atoms with Crippen molar-refractivity contribution in [3.63, 3.8) is 0 Å². The van der Waals surface area contributed by atoms with Crippen LogP contribution in [-0.4, -0.2) is 21.0 Å². The van der Waals surface area contributed by atoms with Crippen LogP contribution < -0.4 is 0 Å². The van der Waals surface area contributed by atoms with Gasteiger partial charge in [0.1, 0.15) is 0 Å². The van der Waals surface area contributed by atoms with E-state index in [1.54, 1.807) is 6.07 Å². The topological polar surface area (TPSA) is 63.1 Å². The first-order chi connectivity index (χ1) is 6.66. The summed E-state index contributed by atoms with van der Waals surface area (Å²) < 4.78 is 0. The van der Waals surface area contributed by atoms with Crippen LogP contribution in [0.3, 0.4) is 0 Å². The molecule has 0 aliphatic heterocycles. The van der Waals surface area contributed by atoms with E-state index >= 15 is 0 Å². The molecule has 2 rings (SSSR count). The maximum Gasteiger partial charge on any atom is 0.337 e. The monoisotopic (exact) mass is 188 g/mol. The molecule has 0 saturated heterocycles. The third-order valence-corrected chi connectivity index (χ3v) is 1.93. The van der Waals surface area contributed by atoms with E-state index < -0.39 is 5.97 Å². The first-order valence-electron chi connectivity index (χ1n) is 4.13. The van der Waals surface area contributed by atoms with Crippen molar-refractivity contribution in [1.82, 2.24) is 9.97 Å². The second-order valence-corrected chi connectivity index (χ2v) is 3.03. The molecular weight excluding hydrogens is 180 g/mol. The minimum atomic E-state index is -0.972. The van der Waals surface area contributed by atoms with Crippen LogP contribution in [0.2, 0.25) is 0 Å². The zero-order valence-electron chi connectivity index (χ0n) is 7.56. The van der Waals surface area contributed by atoms with E-state index in [9.17, 15) is 4.79 Å². The molecule has 0 saturated carbocycles. The SMILES string of the molecule is Cc1ccc2cc(C(=O)O)cnc2n1. The molecule has 2 heterocycles. The van der Waals surface area contributed by atoms with E-state index in [0.717, 1.165) is 11.1 Å². The molecule has 0 aliphatic rings. The number of rotatable bonds is 1. The largest absolute Gasteiger partial charge is 0.478 e. The van der Waals surface area contributed by atoms with Crippen LogP contribution in [0.25, 0.3) is 11.0 Å². The predicted octanol–water partition coefficient (Wildman–Crippen LogP) is 1.64. The Hall–Kier alpha value is -1.97. The molecule has 0 aromatic carbocycles. The van der Waals surface area contributed by atoms with Crippen LogP contribution in [0.15, 0.2) is 24.4 Å². The summed E-state index contributed by atoms with van der Waals surface area (Å²) in [6.45, 7) is 1.87. The van der Waals surface area contributed by atoms with E-state index in [2.05, 4.69) is 9.97 Å². The molecule has 4 nitrogen and oxygen atoms in total. The standard InChI is InChI=1S/C10H8N2O2/c1-6-2-3-7-4-8(10(13)14)5-11-9(7)12-6/h2-5H,1H3,(H,13,14). The van der Waals surface area contributed by atoms with Crippen LogP contribution in [-0.2, 0) is 0 Å². The smallest absolute Gasteiger partial charge is 0.337 e. The van der Waals surface area contributed by atoms with Crippen molar-refractivity contribution in [2.75, 3.05) is 0 Å². The van der Waals surface area contributed by atoms with Gasteiger partial charge in [-0.2, -0.15) is 0 Å². The second-order valence-electron chi connectivity index (χ2n) is 3.03. The van der Waals surface area contributed by atoms with Crippen molar-refractivity contribution >= 4 is 17.0 Å². The van der Waals surface area contributed by atoms with Crippen molar-refractivity contribution in [2.45, 2.75) is 6.92 Å². The van der Waals surface area contributed by atoms with Gasteiger partial charge in [-0.1, -0.05) is 0 Å². The predicted molar refractivity (Wildman–Crippen MR) is 51.2 cm³/mol. The molecule has 2 aromatic rings. The van der Waals surface area contributed by atoms with Crippen molar-refractivity contribution in [3.8, 4) is 0 Å².